The molecule has 0 aliphatic heterocycles. The van der Waals surface area contributed by atoms with Crippen molar-refractivity contribution in [3.05, 3.63) is 46.5 Å². The number of anilines is 1. The third-order valence-electron chi connectivity index (χ3n) is 2.49. The summed E-state index contributed by atoms with van der Waals surface area (Å²) < 4.78 is 0. The van der Waals surface area contributed by atoms with Gasteiger partial charge in [0, 0.05) is 17.8 Å². The van der Waals surface area contributed by atoms with Gasteiger partial charge in [0.2, 0.25) is 0 Å². The number of aliphatic hydroxyl groups is 1. The van der Waals surface area contributed by atoms with Crippen molar-refractivity contribution in [2.75, 3.05) is 18.5 Å². The zero-order valence-electron chi connectivity index (χ0n) is 9.81. The molecule has 4 heteroatoms. The van der Waals surface area contributed by atoms with Crippen LogP contribution in [0.1, 0.15) is 16.1 Å². The summed E-state index contributed by atoms with van der Waals surface area (Å²) in [7, 11) is 0. The van der Waals surface area contributed by atoms with Gasteiger partial charge in [0.15, 0.2) is 5.13 Å². The van der Waals surface area contributed by atoms with Gasteiger partial charge >= 0.3 is 0 Å². The van der Waals surface area contributed by atoms with Crippen molar-refractivity contribution in [2.45, 2.75) is 13.3 Å². The van der Waals surface area contributed by atoms with Gasteiger partial charge in [-0.3, -0.25) is 0 Å². The van der Waals surface area contributed by atoms with Crippen molar-refractivity contribution < 1.29 is 5.11 Å². The fraction of sp³-hybridized carbons (Fsp3) is 0.308. The third-order valence-corrected chi connectivity index (χ3v) is 3.60. The van der Waals surface area contributed by atoms with E-state index in [1.165, 1.54) is 10.4 Å². The Balaban J connectivity index is 2.08. The van der Waals surface area contributed by atoms with E-state index in [1.54, 1.807) is 11.3 Å². The standard InChI is InChI=1S/C13H16N2OS/c1-10-12(9-11-5-3-2-4-6-11)17-13(15-10)14-7-8-16/h2-6,16H,7-9H2,1H3,(H,14,15). The van der Waals surface area contributed by atoms with Crippen LogP contribution in [-0.2, 0) is 6.42 Å². The number of aromatic nitrogens is 1. The Bertz CT molecular complexity index is 468. The van der Waals surface area contributed by atoms with Gasteiger partial charge in [0.05, 0.1) is 12.3 Å². The van der Waals surface area contributed by atoms with E-state index < -0.39 is 0 Å². The SMILES string of the molecule is Cc1nc(NCCO)sc1Cc1ccccc1. The Kier molecular flexibility index (Phi) is 4.12. The lowest BCUT2D eigenvalue weighted by Crippen LogP contribution is -2.04. The molecule has 1 heterocycles. The molecule has 0 atom stereocenters. The second-order valence-electron chi connectivity index (χ2n) is 3.84. The molecular formula is C13H16N2OS. The molecule has 1 aromatic carbocycles. The molecule has 0 radical (unpaired) electrons. The lowest BCUT2D eigenvalue weighted by Gasteiger charge is -1.98. The average Bonchev–Trinajstić information content (AvgIpc) is 2.69. The molecule has 2 N–H and O–H groups in total. The van der Waals surface area contributed by atoms with E-state index in [1.807, 2.05) is 13.0 Å². The summed E-state index contributed by atoms with van der Waals surface area (Å²) in [5.41, 5.74) is 2.37. The molecule has 0 bridgehead atoms. The average molecular weight is 248 g/mol. The fourth-order valence-corrected chi connectivity index (χ4v) is 2.63. The minimum absolute atomic E-state index is 0.132. The van der Waals surface area contributed by atoms with E-state index in [0.29, 0.717) is 6.54 Å². The highest BCUT2D eigenvalue weighted by Crippen LogP contribution is 2.24. The summed E-state index contributed by atoms with van der Waals surface area (Å²) in [6.45, 7) is 2.71. The first-order valence-electron chi connectivity index (χ1n) is 5.64. The Morgan fingerprint density at radius 3 is 2.76 bits per heavy atom. The van der Waals surface area contributed by atoms with Crippen LogP contribution in [0.2, 0.25) is 0 Å². The van der Waals surface area contributed by atoms with Crippen molar-refractivity contribution in [1.82, 2.24) is 4.98 Å². The van der Waals surface area contributed by atoms with Crippen LogP contribution in [0.4, 0.5) is 5.13 Å². The molecular weight excluding hydrogens is 232 g/mol. The monoisotopic (exact) mass is 248 g/mol. The summed E-state index contributed by atoms with van der Waals surface area (Å²) >= 11 is 1.66. The molecule has 1 aromatic heterocycles. The molecule has 0 fully saturated rings. The number of rotatable bonds is 5. The van der Waals surface area contributed by atoms with Gasteiger partial charge in [-0.25, -0.2) is 4.98 Å². The van der Waals surface area contributed by atoms with Crippen molar-refractivity contribution in [1.29, 1.82) is 0 Å². The number of thiazole rings is 1. The molecule has 3 nitrogen and oxygen atoms in total. The van der Waals surface area contributed by atoms with Crippen molar-refractivity contribution in [3.63, 3.8) is 0 Å². The summed E-state index contributed by atoms with van der Waals surface area (Å²) in [6.07, 6.45) is 0.922. The van der Waals surface area contributed by atoms with Crippen molar-refractivity contribution in [2.24, 2.45) is 0 Å². The summed E-state index contributed by atoms with van der Waals surface area (Å²) in [4.78, 5) is 5.72. The van der Waals surface area contributed by atoms with Gasteiger partial charge in [0.1, 0.15) is 0 Å². The van der Waals surface area contributed by atoms with Crippen LogP contribution in [0.15, 0.2) is 30.3 Å². The van der Waals surface area contributed by atoms with Crippen LogP contribution < -0.4 is 5.32 Å². The number of hydrogen-bond donors (Lipinski definition) is 2. The molecule has 0 aliphatic carbocycles. The highest BCUT2D eigenvalue weighted by Gasteiger charge is 2.07. The maximum absolute atomic E-state index is 8.75. The maximum Gasteiger partial charge on any atom is 0.183 e. The summed E-state index contributed by atoms with van der Waals surface area (Å²) in [5, 5.41) is 12.7. The zero-order chi connectivity index (χ0) is 12.1. The van der Waals surface area contributed by atoms with Crippen molar-refractivity contribution in [3.8, 4) is 0 Å². The van der Waals surface area contributed by atoms with Crippen molar-refractivity contribution >= 4 is 16.5 Å². The summed E-state index contributed by atoms with van der Waals surface area (Å²) in [5.74, 6) is 0. The van der Waals surface area contributed by atoms with Crippen LogP contribution in [0.3, 0.4) is 0 Å². The third kappa shape index (κ3) is 3.28. The van der Waals surface area contributed by atoms with E-state index in [0.717, 1.165) is 17.2 Å². The number of nitrogens with zero attached hydrogens (tertiary/aromatic N) is 1. The quantitative estimate of drug-likeness (QED) is 0.854. The lowest BCUT2D eigenvalue weighted by atomic mass is 10.1. The van der Waals surface area contributed by atoms with Gasteiger partial charge in [-0.05, 0) is 12.5 Å². The highest BCUT2D eigenvalue weighted by atomic mass is 32.1. The van der Waals surface area contributed by atoms with Crippen LogP contribution in [-0.4, -0.2) is 23.2 Å². The number of nitrogens with one attached hydrogen (secondary N) is 1. The molecule has 17 heavy (non-hydrogen) atoms. The highest BCUT2D eigenvalue weighted by molar-refractivity contribution is 7.15. The predicted octanol–water partition coefficient (Wildman–Crippen LogP) is 2.45. The molecule has 2 aromatic rings. The molecule has 0 saturated carbocycles. The normalized spacial score (nSPS) is 10.5. The van der Waals surface area contributed by atoms with Gasteiger partial charge in [-0.1, -0.05) is 30.3 Å². The molecule has 0 aliphatic rings. The van der Waals surface area contributed by atoms with E-state index in [2.05, 4.69) is 34.6 Å². The number of benzene rings is 1. The molecule has 0 saturated heterocycles. The molecule has 0 spiro atoms. The molecule has 2 rings (SSSR count). The van der Waals surface area contributed by atoms with E-state index in [9.17, 15) is 0 Å². The lowest BCUT2D eigenvalue weighted by molar-refractivity contribution is 0.311. The maximum atomic E-state index is 8.75. The molecule has 0 unspecified atom stereocenters. The zero-order valence-corrected chi connectivity index (χ0v) is 10.6. The van der Waals surface area contributed by atoms with E-state index >= 15 is 0 Å². The van der Waals surface area contributed by atoms with Crippen LogP contribution in [0.5, 0.6) is 0 Å². The largest absolute Gasteiger partial charge is 0.395 e. The minimum atomic E-state index is 0.132. The Hall–Kier alpha value is -1.39. The smallest absolute Gasteiger partial charge is 0.183 e. The number of aryl methyl sites for hydroxylation is 1. The van der Waals surface area contributed by atoms with Crippen LogP contribution in [0.25, 0.3) is 0 Å². The van der Waals surface area contributed by atoms with Gasteiger partial charge in [-0.2, -0.15) is 0 Å². The Morgan fingerprint density at radius 2 is 2.06 bits per heavy atom. The topological polar surface area (TPSA) is 45.2 Å². The second kappa shape index (κ2) is 5.80. The first-order chi connectivity index (χ1) is 8.29. The fourth-order valence-electron chi connectivity index (χ4n) is 1.61. The molecule has 0 amide bonds. The Labute approximate surface area is 105 Å². The van der Waals surface area contributed by atoms with Crippen LogP contribution >= 0.6 is 11.3 Å². The predicted molar refractivity (Wildman–Crippen MR) is 71.7 cm³/mol. The number of aliphatic hydroxyl groups excluding tert-OH is 1. The van der Waals surface area contributed by atoms with Gasteiger partial charge in [-0.15, -0.1) is 11.3 Å². The first-order valence-corrected chi connectivity index (χ1v) is 6.46. The van der Waals surface area contributed by atoms with E-state index in [-0.39, 0.29) is 6.61 Å². The Morgan fingerprint density at radius 1 is 1.29 bits per heavy atom. The van der Waals surface area contributed by atoms with Crippen LogP contribution in [0, 0.1) is 6.92 Å². The van der Waals surface area contributed by atoms with Gasteiger partial charge < -0.3 is 10.4 Å². The second-order valence-corrected chi connectivity index (χ2v) is 4.92. The van der Waals surface area contributed by atoms with Gasteiger partial charge in [0.25, 0.3) is 0 Å². The number of hydrogen-bond acceptors (Lipinski definition) is 4. The van der Waals surface area contributed by atoms with E-state index in [4.69, 9.17) is 5.11 Å². The first kappa shape index (κ1) is 12.1. The summed E-state index contributed by atoms with van der Waals surface area (Å²) in [6, 6.07) is 10.4. The minimum Gasteiger partial charge on any atom is -0.395 e. The molecule has 90 valence electrons.